The smallest absolute Gasteiger partial charge is 0.259 e. The second-order valence-electron chi connectivity index (χ2n) is 8.66. The fourth-order valence-electron chi connectivity index (χ4n) is 5.56. The minimum Gasteiger partial charge on any atom is -0.335 e. The first-order valence-corrected chi connectivity index (χ1v) is 10.4. The molecule has 0 N–H and O–H groups in total. The van der Waals surface area contributed by atoms with E-state index in [2.05, 4.69) is 17.2 Å². The number of likely N-dealkylation sites (tertiary alicyclic amines) is 1. The Labute approximate surface area is 169 Å². The number of carbonyl (C=O) groups is 1. The molecule has 3 aromatic rings. The van der Waals surface area contributed by atoms with Crippen LogP contribution in [0.3, 0.4) is 0 Å². The first kappa shape index (κ1) is 18.2. The Hall–Kier alpha value is -2.89. The fraction of sp³-hybridized carbons (Fsp3) is 0.435. The van der Waals surface area contributed by atoms with Crippen molar-refractivity contribution in [2.75, 3.05) is 6.54 Å². The summed E-state index contributed by atoms with van der Waals surface area (Å²) in [5.74, 6) is -0.165. The van der Waals surface area contributed by atoms with E-state index in [-0.39, 0.29) is 28.4 Å². The van der Waals surface area contributed by atoms with Gasteiger partial charge in [0, 0.05) is 32.3 Å². The average Bonchev–Trinajstić information content (AvgIpc) is 3.12. The van der Waals surface area contributed by atoms with Crippen LogP contribution in [0.5, 0.6) is 0 Å². The topological polar surface area (TPSA) is 60.1 Å². The molecule has 1 unspecified atom stereocenters. The van der Waals surface area contributed by atoms with Gasteiger partial charge in [-0.05, 0) is 18.4 Å². The zero-order valence-corrected chi connectivity index (χ0v) is 17.0. The monoisotopic (exact) mass is 390 g/mol. The molecule has 2 aromatic heterocycles. The molecule has 150 valence electrons. The van der Waals surface area contributed by atoms with Gasteiger partial charge in [-0.15, -0.1) is 0 Å². The molecule has 1 aliphatic carbocycles. The Kier molecular flexibility index (Phi) is 4.12. The molecule has 1 atom stereocenters. The van der Waals surface area contributed by atoms with Crippen LogP contribution in [0.2, 0.25) is 0 Å². The Morgan fingerprint density at radius 2 is 1.83 bits per heavy atom. The normalized spacial score (nSPS) is 20.8. The van der Waals surface area contributed by atoms with Gasteiger partial charge in [0.25, 0.3) is 5.91 Å². The van der Waals surface area contributed by atoms with Crippen molar-refractivity contribution in [3.8, 4) is 0 Å². The van der Waals surface area contributed by atoms with E-state index >= 15 is 0 Å². The summed E-state index contributed by atoms with van der Waals surface area (Å²) in [5, 5.41) is 4.69. The molecule has 1 aromatic carbocycles. The maximum Gasteiger partial charge on any atom is 0.259 e. The van der Waals surface area contributed by atoms with Crippen LogP contribution >= 0.6 is 0 Å². The van der Waals surface area contributed by atoms with Crippen molar-refractivity contribution in [1.29, 1.82) is 0 Å². The van der Waals surface area contributed by atoms with Crippen molar-refractivity contribution in [2.45, 2.75) is 38.1 Å². The van der Waals surface area contributed by atoms with Gasteiger partial charge in [-0.25, -0.2) is 0 Å². The maximum absolute atomic E-state index is 13.5. The third-order valence-electron chi connectivity index (χ3n) is 6.89. The van der Waals surface area contributed by atoms with Crippen LogP contribution in [0, 0.1) is 5.41 Å². The summed E-state index contributed by atoms with van der Waals surface area (Å²) in [7, 11) is 3.66. The first-order chi connectivity index (χ1) is 14.0. The number of nitrogens with zero attached hydrogens (tertiary/aromatic N) is 4. The highest BCUT2D eigenvalue weighted by Crippen LogP contribution is 2.57. The molecule has 6 heteroatoms. The first-order valence-electron chi connectivity index (χ1n) is 10.4. The molecule has 29 heavy (non-hydrogen) atoms. The predicted octanol–water partition coefficient (Wildman–Crippen LogP) is 3.42. The summed E-state index contributed by atoms with van der Waals surface area (Å²) in [6.07, 6.45) is 9.23. The van der Waals surface area contributed by atoms with Crippen molar-refractivity contribution < 1.29 is 4.79 Å². The van der Waals surface area contributed by atoms with Gasteiger partial charge < -0.3 is 9.47 Å². The third-order valence-corrected chi connectivity index (χ3v) is 6.89. The van der Waals surface area contributed by atoms with Crippen LogP contribution in [-0.2, 0) is 14.1 Å². The van der Waals surface area contributed by atoms with Crippen molar-refractivity contribution >= 4 is 16.9 Å². The van der Waals surface area contributed by atoms with E-state index in [4.69, 9.17) is 0 Å². The molecule has 1 spiro atoms. The SMILES string of the molecule is Cn1cc(C(=O)N2CC3(CCCCC3)C2c2ccccc2)c(=O)c2cnn(C)c21. The summed E-state index contributed by atoms with van der Waals surface area (Å²) < 4.78 is 3.49. The number of pyridine rings is 1. The van der Waals surface area contributed by atoms with Crippen molar-refractivity contribution in [1.82, 2.24) is 19.2 Å². The van der Waals surface area contributed by atoms with Crippen LogP contribution in [0.1, 0.15) is 54.1 Å². The average molecular weight is 390 g/mol. The molecule has 1 saturated heterocycles. The van der Waals surface area contributed by atoms with Crippen LogP contribution in [0.25, 0.3) is 11.0 Å². The lowest BCUT2D eigenvalue weighted by Gasteiger charge is -2.59. The Morgan fingerprint density at radius 3 is 2.55 bits per heavy atom. The molecular formula is C23H26N4O2. The highest BCUT2D eigenvalue weighted by atomic mass is 16.2. The van der Waals surface area contributed by atoms with E-state index in [0.717, 1.165) is 25.0 Å². The van der Waals surface area contributed by atoms with Gasteiger partial charge in [0.05, 0.1) is 17.6 Å². The number of amides is 1. The molecule has 6 nitrogen and oxygen atoms in total. The van der Waals surface area contributed by atoms with Crippen molar-refractivity contribution in [3.63, 3.8) is 0 Å². The number of hydrogen-bond acceptors (Lipinski definition) is 3. The van der Waals surface area contributed by atoms with Gasteiger partial charge in [-0.3, -0.25) is 14.3 Å². The summed E-state index contributed by atoms with van der Waals surface area (Å²) >= 11 is 0. The second kappa shape index (κ2) is 6.58. The molecule has 0 bridgehead atoms. The van der Waals surface area contributed by atoms with Crippen LogP contribution in [0.4, 0.5) is 0 Å². The third kappa shape index (κ3) is 2.65. The van der Waals surface area contributed by atoms with Gasteiger partial charge in [0.1, 0.15) is 11.2 Å². The molecule has 2 fully saturated rings. The Morgan fingerprint density at radius 1 is 1.10 bits per heavy atom. The fourth-order valence-corrected chi connectivity index (χ4v) is 5.56. The van der Waals surface area contributed by atoms with E-state index < -0.39 is 0 Å². The lowest BCUT2D eigenvalue weighted by Crippen LogP contribution is -2.61. The van der Waals surface area contributed by atoms with Crippen LogP contribution in [-0.4, -0.2) is 31.7 Å². The van der Waals surface area contributed by atoms with E-state index in [0.29, 0.717) is 5.39 Å². The second-order valence-corrected chi connectivity index (χ2v) is 8.66. The van der Waals surface area contributed by atoms with E-state index in [1.807, 2.05) is 34.7 Å². The Balaban J connectivity index is 1.57. The largest absolute Gasteiger partial charge is 0.335 e. The van der Waals surface area contributed by atoms with E-state index in [1.165, 1.54) is 24.8 Å². The van der Waals surface area contributed by atoms with E-state index in [9.17, 15) is 9.59 Å². The molecule has 1 amide bonds. The molecule has 5 rings (SSSR count). The predicted molar refractivity (Wildman–Crippen MR) is 112 cm³/mol. The van der Waals surface area contributed by atoms with E-state index in [1.54, 1.807) is 24.1 Å². The number of hydrogen-bond donors (Lipinski definition) is 0. The Bertz CT molecular complexity index is 1140. The van der Waals surface area contributed by atoms with Gasteiger partial charge >= 0.3 is 0 Å². The standard InChI is InChI=1S/C23H26N4O2/c1-25-14-18(19(28)17-13-24-26(2)21(17)25)22(29)27-15-23(11-7-4-8-12-23)20(27)16-9-5-3-6-10-16/h3,5-6,9-10,13-14,20H,4,7-8,11-12,15H2,1-2H3. The zero-order valence-electron chi connectivity index (χ0n) is 17.0. The molecule has 3 heterocycles. The number of carbonyl (C=O) groups excluding carboxylic acids is 1. The number of rotatable bonds is 2. The molecular weight excluding hydrogens is 364 g/mol. The minimum absolute atomic E-state index is 0.0470. The summed E-state index contributed by atoms with van der Waals surface area (Å²) in [6.45, 7) is 0.736. The highest BCUT2D eigenvalue weighted by molar-refractivity contribution is 5.97. The summed E-state index contributed by atoms with van der Waals surface area (Å²) in [5.41, 5.74) is 2.05. The number of aromatic nitrogens is 3. The molecule has 1 saturated carbocycles. The highest BCUT2D eigenvalue weighted by Gasteiger charge is 2.55. The van der Waals surface area contributed by atoms with Gasteiger partial charge in [0.15, 0.2) is 0 Å². The minimum atomic E-state index is -0.229. The van der Waals surface area contributed by atoms with Crippen molar-refractivity contribution in [3.05, 3.63) is 64.1 Å². The quantitative estimate of drug-likeness (QED) is 0.674. The summed E-state index contributed by atoms with van der Waals surface area (Å²) in [6, 6.07) is 10.4. The molecule has 2 aliphatic rings. The van der Waals surface area contributed by atoms with Gasteiger partial charge in [-0.1, -0.05) is 49.6 Å². The molecule has 1 aliphatic heterocycles. The van der Waals surface area contributed by atoms with Crippen LogP contribution in [0.15, 0.2) is 47.5 Å². The maximum atomic E-state index is 13.5. The van der Waals surface area contributed by atoms with Crippen molar-refractivity contribution in [2.24, 2.45) is 19.5 Å². The number of fused-ring (bicyclic) bond motifs is 1. The molecule has 0 radical (unpaired) electrons. The zero-order chi connectivity index (χ0) is 20.2. The van der Waals surface area contributed by atoms with Gasteiger partial charge in [0.2, 0.25) is 5.43 Å². The lowest BCUT2D eigenvalue weighted by atomic mass is 9.61. The summed E-state index contributed by atoms with van der Waals surface area (Å²) in [4.78, 5) is 28.5. The lowest BCUT2D eigenvalue weighted by molar-refractivity contribution is -0.0771. The van der Waals surface area contributed by atoms with Gasteiger partial charge in [-0.2, -0.15) is 5.10 Å². The van der Waals surface area contributed by atoms with Crippen LogP contribution < -0.4 is 5.43 Å². The number of benzene rings is 1. The number of aryl methyl sites for hydroxylation is 2.